The molecule has 0 spiro atoms. The summed E-state index contributed by atoms with van der Waals surface area (Å²) in [7, 11) is 0. The monoisotopic (exact) mass is 302 g/mol. The number of carbonyl (C=O) groups is 1. The highest BCUT2D eigenvalue weighted by Crippen LogP contribution is 2.12. The molecule has 0 atom stereocenters. The van der Waals surface area contributed by atoms with E-state index in [-0.39, 0.29) is 17.4 Å². The number of aromatic amines is 1. The number of H-pyrrole nitrogens is 1. The van der Waals surface area contributed by atoms with Gasteiger partial charge in [0.05, 0.1) is 0 Å². The normalized spacial score (nSPS) is 10.4. The number of nitrogens with two attached hydrogens (primary N) is 1. The van der Waals surface area contributed by atoms with Crippen molar-refractivity contribution in [1.82, 2.24) is 9.88 Å². The molecule has 2 aromatic rings. The minimum Gasteiger partial charge on any atom is -0.358 e. The number of amides is 1. The van der Waals surface area contributed by atoms with E-state index in [9.17, 15) is 14.9 Å². The number of nitrogens with one attached hydrogen (secondary N) is 1. The fourth-order valence-corrected chi connectivity index (χ4v) is 2.16. The van der Waals surface area contributed by atoms with Gasteiger partial charge in [0.15, 0.2) is 5.69 Å². The van der Waals surface area contributed by atoms with Crippen LogP contribution in [-0.2, 0) is 6.42 Å². The van der Waals surface area contributed by atoms with Gasteiger partial charge in [-0.15, -0.1) is 0 Å². The summed E-state index contributed by atoms with van der Waals surface area (Å²) < 4.78 is 0. The highest BCUT2D eigenvalue weighted by atomic mass is 16.6. The lowest BCUT2D eigenvalue weighted by atomic mass is 10.1. The summed E-state index contributed by atoms with van der Waals surface area (Å²) in [5.74, 6) is -0.478. The van der Waals surface area contributed by atoms with Crippen molar-refractivity contribution in [2.24, 2.45) is 5.73 Å². The molecule has 0 aliphatic heterocycles. The summed E-state index contributed by atoms with van der Waals surface area (Å²) in [5.41, 5.74) is 6.88. The quantitative estimate of drug-likeness (QED) is 0.598. The van der Waals surface area contributed by atoms with Crippen LogP contribution >= 0.6 is 0 Å². The third-order valence-electron chi connectivity index (χ3n) is 3.30. The zero-order valence-corrected chi connectivity index (χ0v) is 12.1. The minimum atomic E-state index is -0.561. The Bertz CT molecular complexity index is 639. The van der Waals surface area contributed by atoms with Crippen LogP contribution in [0.5, 0.6) is 0 Å². The van der Waals surface area contributed by atoms with Crippen molar-refractivity contribution in [3.8, 4) is 0 Å². The SMILES string of the molecule is NCCN(CCc1ccccc1)C(=O)c1ccc([N+](=O)[O-])[nH]1. The maximum Gasteiger partial charge on any atom is 0.321 e. The largest absolute Gasteiger partial charge is 0.358 e. The van der Waals surface area contributed by atoms with Crippen LogP contribution in [0.25, 0.3) is 0 Å². The van der Waals surface area contributed by atoms with Crippen molar-refractivity contribution in [2.75, 3.05) is 19.6 Å². The maximum atomic E-state index is 12.4. The maximum absolute atomic E-state index is 12.4. The van der Waals surface area contributed by atoms with E-state index in [1.165, 1.54) is 12.1 Å². The molecule has 0 fully saturated rings. The molecule has 1 aromatic carbocycles. The predicted molar refractivity (Wildman–Crippen MR) is 82.6 cm³/mol. The molecule has 22 heavy (non-hydrogen) atoms. The van der Waals surface area contributed by atoms with E-state index >= 15 is 0 Å². The van der Waals surface area contributed by atoms with Crippen LogP contribution < -0.4 is 5.73 Å². The Labute approximate surface area is 127 Å². The summed E-state index contributed by atoms with van der Waals surface area (Å²) in [5, 5.41) is 10.7. The van der Waals surface area contributed by atoms with Crippen molar-refractivity contribution < 1.29 is 9.72 Å². The smallest absolute Gasteiger partial charge is 0.321 e. The Kier molecular flexibility index (Phi) is 5.26. The second-order valence-corrected chi connectivity index (χ2v) is 4.83. The van der Waals surface area contributed by atoms with E-state index < -0.39 is 4.92 Å². The Morgan fingerprint density at radius 1 is 1.18 bits per heavy atom. The number of hydrogen-bond acceptors (Lipinski definition) is 4. The number of rotatable bonds is 7. The van der Waals surface area contributed by atoms with Gasteiger partial charge in [0.2, 0.25) is 0 Å². The standard InChI is InChI=1S/C15H18N4O3/c16-9-11-18(10-8-12-4-2-1-3-5-12)15(20)13-6-7-14(17-13)19(21)22/h1-7,17H,8-11,16H2. The molecular weight excluding hydrogens is 284 g/mol. The van der Waals surface area contributed by atoms with Gasteiger partial charge in [0.25, 0.3) is 5.91 Å². The van der Waals surface area contributed by atoms with Crippen molar-refractivity contribution in [3.05, 3.63) is 63.8 Å². The summed E-state index contributed by atoms with van der Waals surface area (Å²) in [4.78, 5) is 26.6. The number of hydrogen-bond donors (Lipinski definition) is 2. The number of aromatic nitrogens is 1. The summed E-state index contributed by atoms with van der Waals surface area (Å²) in [6.45, 7) is 1.24. The summed E-state index contributed by atoms with van der Waals surface area (Å²) in [6, 6.07) is 12.5. The lowest BCUT2D eigenvalue weighted by Crippen LogP contribution is -2.37. The number of carbonyl (C=O) groups excluding carboxylic acids is 1. The van der Waals surface area contributed by atoms with Crippen molar-refractivity contribution in [2.45, 2.75) is 6.42 Å². The number of benzene rings is 1. The zero-order valence-electron chi connectivity index (χ0n) is 12.1. The van der Waals surface area contributed by atoms with E-state index in [0.717, 1.165) is 5.56 Å². The van der Waals surface area contributed by atoms with Crippen LogP contribution in [0.15, 0.2) is 42.5 Å². The lowest BCUT2D eigenvalue weighted by molar-refractivity contribution is -0.389. The number of nitro groups is 1. The van der Waals surface area contributed by atoms with Gasteiger partial charge in [-0.3, -0.25) is 4.79 Å². The van der Waals surface area contributed by atoms with Gasteiger partial charge in [-0.2, -0.15) is 0 Å². The van der Waals surface area contributed by atoms with E-state index in [0.29, 0.717) is 26.1 Å². The Hall–Kier alpha value is -2.67. The second kappa shape index (κ2) is 7.37. The zero-order chi connectivity index (χ0) is 15.9. The fraction of sp³-hybridized carbons (Fsp3) is 0.267. The fourth-order valence-electron chi connectivity index (χ4n) is 2.16. The van der Waals surface area contributed by atoms with Crippen LogP contribution in [-0.4, -0.2) is 40.3 Å². The molecule has 1 amide bonds. The van der Waals surface area contributed by atoms with Crippen molar-refractivity contribution in [3.63, 3.8) is 0 Å². The van der Waals surface area contributed by atoms with Crippen LogP contribution in [0.3, 0.4) is 0 Å². The molecule has 0 saturated carbocycles. The molecular formula is C15H18N4O3. The van der Waals surface area contributed by atoms with E-state index in [1.807, 2.05) is 30.3 Å². The molecule has 116 valence electrons. The Morgan fingerprint density at radius 3 is 2.50 bits per heavy atom. The third-order valence-corrected chi connectivity index (χ3v) is 3.30. The van der Waals surface area contributed by atoms with E-state index in [4.69, 9.17) is 5.73 Å². The Balaban J connectivity index is 2.05. The first-order valence-corrected chi connectivity index (χ1v) is 6.98. The first-order valence-electron chi connectivity index (χ1n) is 6.98. The summed E-state index contributed by atoms with van der Waals surface area (Å²) >= 11 is 0. The van der Waals surface area contributed by atoms with Gasteiger partial charge in [0.1, 0.15) is 0 Å². The number of nitrogens with zero attached hydrogens (tertiary/aromatic N) is 2. The highest BCUT2D eigenvalue weighted by Gasteiger charge is 2.21. The van der Waals surface area contributed by atoms with Crippen LogP contribution in [0.2, 0.25) is 0 Å². The van der Waals surface area contributed by atoms with Gasteiger partial charge in [-0.25, -0.2) is 4.98 Å². The molecule has 2 rings (SSSR count). The van der Waals surface area contributed by atoms with Gasteiger partial charge < -0.3 is 20.7 Å². The summed E-state index contributed by atoms with van der Waals surface area (Å²) in [6.07, 6.45) is 0.704. The van der Waals surface area contributed by atoms with Crippen molar-refractivity contribution >= 4 is 11.7 Å². The molecule has 3 N–H and O–H groups in total. The van der Waals surface area contributed by atoms with Gasteiger partial charge in [-0.1, -0.05) is 30.3 Å². The van der Waals surface area contributed by atoms with Gasteiger partial charge >= 0.3 is 5.82 Å². The average molecular weight is 302 g/mol. The first kappa shape index (κ1) is 15.7. The molecule has 7 nitrogen and oxygen atoms in total. The average Bonchev–Trinajstić information content (AvgIpc) is 3.02. The molecule has 0 radical (unpaired) electrons. The lowest BCUT2D eigenvalue weighted by Gasteiger charge is -2.20. The molecule has 0 unspecified atom stereocenters. The molecule has 0 aliphatic rings. The van der Waals surface area contributed by atoms with Crippen LogP contribution in [0.1, 0.15) is 16.1 Å². The van der Waals surface area contributed by atoms with E-state index in [1.54, 1.807) is 4.90 Å². The van der Waals surface area contributed by atoms with Gasteiger partial charge in [0, 0.05) is 25.7 Å². The van der Waals surface area contributed by atoms with Gasteiger partial charge in [-0.05, 0) is 23.0 Å². The predicted octanol–water partition coefficient (Wildman–Crippen LogP) is 1.57. The molecule has 0 aliphatic carbocycles. The Morgan fingerprint density at radius 2 is 1.91 bits per heavy atom. The minimum absolute atomic E-state index is 0.195. The second-order valence-electron chi connectivity index (χ2n) is 4.83. The highest BCUT2D eigenvalue weighted by molar-refractivity contribution is 5.92. The first-order chi connectivity index (χ1) is 10.6. The molecule has 0 bridgehead atoms. The molecule has 7 heteroatoms. The molecule has 1 heterocycles. The van der Waals surface area contributed by atoms with E-state index in [2.05, 4.69) is 4.98 Å². The topological polar surface area (TPSA) is 105 Å². The third kappa shape index (κ3) is 3.92. The van der Waals surface area contributed by atoms with Crippen LogP contribution in [0.4, 0.5) is 5.82 Å². The van der Waals surface area contributed by atoms with Crippen LogP contribution in [0, 0.1) is 10.1 Å². The molecule has 0 saturated heterocycles. The van der Waals surface area contributed by atoms with Crippen molar-refractivity contribution in [1.29, 1.82) is 0 Å². The molecule has 1 aromatic heterocycles.